The summed E-state index contributed by atoms with van der Waals surface area (Å²) < 4.78 is 0. The number of anilines is 1. The molecule has 0 saturated carbocycles. The fraction of sp³-hybridized carbons (Fsp3) is 0.429. The first-order valence-electron chi connectivity index (χ1n) is 6.47. The lowest BCUT2D eigenvalue weighted by Gasteiger charge is -2.16. The van der Waals surface area contributed by atoms with E-state index in [-0.39, 0.29) is 30.8 Å². The lowest BCUT2D eigenvalue weighted by molar-refractivity contribution is -0.133. The number of benzene rings is 1. The number of rotatable bonds is 7. The largest absolute Gasteiger partial charge is 0.336 e. The summed E-state index contributed by atoms with van der Waals surface area (Å²) in [7, 11) is 3.46. The molecule has 1 rings (SSSR count). The van der Waals surface area contributed by atoms with Gasteiger partial charge in [-0.3, -0.25) is 9.59 Å². The van der Waals surface area contributed by atoms with E-state index in [0.29, 0.717) is 17.1 Å². The van der Waals surface area contributed by atoms with Crippen molar-refractivity contribution < 1.29 is 9.59 Å². The Morgan fingerprint density at radius 1 is 1.33 bits per heavy atom. The summed E-state index contributed by atoms with van der Waals surface area (Å²) in [6.07, 6.45) is 1.19. The number of likely N-dealkylation sites (N-methyl/N-ethyl adjacent to an activating group) is 1. The van der Waals surface area contributed by atoms with E-state index in [2.05, 4.69) is 10.6 Å². The van der Waals surface area contributed by atoms with Crippen LogP contribution in [0.5, 0.6) is 0 Å². The number of amides is 2. The first kappa shape index (κ1) is 19.7. The van der Waals surface area contributed by atoms with Gasteiger partial charge in [0.1, 0.15) is 0 Å². The van der Waals surface area contributed by atoms with Crippen LogP contribution in [0.15, 0.2) is 24.3 Å². The number of carbonyl (C=O) groups excluding carboxylic acids is 2. The van der Waals surface area contributed by atoms with Gasteiger partial charge in [0.15, 0.2) is 0 Å². The van der Waals surface area contributed by atoms with Crippen LogP contribution >= 0.6 is 24.0 Å². The topological polar surface area (TPSA) is 61.4 Å². The monoisotopic (exact) mass is 333 g/mol. The van der Waals surface area contributed by atoms with Crippen molar-refractivity contribution in [1.82, 2.24) is 10.2 Å². The normalized spacial score (nSPS) is 9.67. The highest BCUT2D eigenvalue weighted by atomic mass is 35.5. The molecule has 0 spiro atoms. The molecular weight excluding hydrogens is 313 g/mol. The van der Waals surface area contributed by atoms with E-state index in [1.807, 2.05) is 7.05 Å². The summed E-state index contributed by atoms with van der Waals surface area (Å²) in [5.41, 5.74) is 0.624. The molecule has 1 aromatic carbocycles. The number of halogens is 2. The van der Waals surface area contributed by atoms with Gasteiger partial charge in [0.2, 0.25) is 11.8 Å². The zero-order chi connectivity index (χ0) is 15.0. The molecule has 0 saturated heterocycles. The van der Waals surface area contributed by atoms with Crippen LogP contribution in [0.2, 0.25) is 5.02 Å². The van der Waals surface area contributed by atoms with Crippen LogP contribution in [0.4, 0.5) is 5.69 Å². The zero-order valence-electron chi connectivity index (χ0n) is 12.2. The molecule has 0 aromatic heterocycles. The molecule has 7 heteroatoms. The summed E-state index contributed by atoms with van der Waals surface area (Å²) in [4.78, 5) is 25.0. The number of hydrogen-bond donors (Lipinski definition) is 2. The van der Waals surface area contributed by atoms with Crippen LogP contribution in [-0.4, -0.2) is 43.9 Å². The fourth-order valence-electron chi connectivity index (χ4n) is 1.68. The Labute approximate surface area is 136 Å². The van der Waals surface area contributed by atoms with Crippen LogP contribution in [0.3, 0.4) is 0 Å². The Bertz CT molecular complexity index is 469. The maximum atomic E-state index is 11.8. The summed E-state index contributed by atoms with van der Waals surface area (Å²) in [5, 5.41) is 6.24. The zero-order valence-corrected chi connectivity index (χ0v) is 13.8. The van der Waals surface area contributed by atoms with Gasteiger partial charge in [-0.2, -0.15) is 0 Å². The number of hydrogen-bond acceptors (Lipinski definition) is 3. The molecule has 0 radical (unpaired) electrons. The Kier molecular flexibility index (Phi) is 9.78. The van der Waals surface area contributed by atoms with Crippen LogP contribution in [-0.2, 0) is 9.59 Å². The van der Waals surface area contributed by atoms with Gasteiger partial charge in [0.25, 0.3) is 0 Å². The highest BCUT2D eigenvalue weighted by Gasteiger charge is 2.12. The molecule has 0 bridgehead atoms. The molecule has 0 fully saturated rings. The van der Waals surface area contributed by atoms with E-state index in [1.54, 1.807) is 31.3 Å². The van der Waals surface area contributed by atoms with Gasteiger partial charge < -0.3 is 15.5 Å². The highest BCUT2D eigenvalue weighted by molar-refractivity contribution is 6.30. The van der Waals surface area contributed by atoms with Crippen molar-refractivity contribution in [2.45, 2.75) is 12.8 Å². The molecule has 2 amide bonds. The molecule has 0 aliphatic heterocycles. The Morgan fingerprint density at radius 3 is 2.67 bits per heavy atom. The summed E-state index contributed by atoms with van der Waals surface area (Å²) in [5.74, 6) is -0.279. The second kappa shape index (κ2) is 10.4. The maximum Gasteiger partial charge on any atom is 0.243 e. The molecule has 0 atom stereocenters. The fourth-order valence-corrected chi connectivity index (χ4v) is 1.87. The Balaban J connectivity index is 0.00000400. The van der Waals surface area contributed by atoms with Gasteiger partial charge in [0, 0.05) is 24.2 Å². The molecule has 0 unspecified atom stereocenters. The van der Waals surface area contributed by atoms with Crippen LogP contribution in [0, 0.1) is 0 Å². The average Bonchev–Trinajstić information content (AvgIpc) is 2.38. The second-order valence-corrected chi connectivity index (χ2v) is 4.95. The van der Waals surface area contributed by atoms with Crippen molar-refractivity contribution in [3.63, 3.8) is 0 Å². The predicted octanol–water partition coefficient (Wildman–Crippen LogP) is 2.16. The van der Waals surface area contributed by atoms with Gasteiger partial charge in [-0.05, 0) is 38.2 Å². The minimum atomic E-state index is -0.239. The third-order valence-electron chi connectivity index (χ3n) is 2.73. The van der Waals surface area contributed by atoms with Crippen LogP contribution in [0.25, 0.3) is 0 Å². The van der Waals surface area contributed by atoms with E-state index in [9.17, 15) is 9.59 Å². The minimum Gasteiger partial charge on any atom is -0.336 e. The standard InChI is InChI=1S/C14H20ClN3O2.ClH/c1-16-8-4-7-14(20)18(2)10-13(19)17-12-6-3-5-11(15)9-12;/h3,5-6,9,16H,4,7-8,10H2,1-2H3,(H,17,19);1H. The van der Waals surface area contributed by atoms with Crippen molar-refractivity contribution >= 4 is 41.5 Å². The Morgan fingerprint density at radius 2 is 2.05 bits per heavy atom. The molecule has 5 nitrogen and oxygen atoms in total. The van der Waals surface area contributed by atoms with E-state index in [4.69, 9.17) is 11.6 Å². The van der Waals surface area contributed by atoms with Crippen LogP contribution < -0.4 is 10.6 Å². The SMILES string of the molecule is CNCCCC(=O)N(C)CC(=O)Nc1cccc(Cl)c1.Cl. The Hall–Kier alpha value is -1.30. The first-order valence-corrected chi connectivity index (χ1v) is 6.84. The number of nitrogens with zero attached hydrogens (tertiary/aromatic N) is 1. The lowest BCUT2D eigenvalue weighted by atomic mass is 10.2. The smallest absolute Gasteiger partial charge is 0.243 e. The van der Waals surface area contributed by atoms with Crippen molar-refractivity contribution in [2.75, 3.05) is 32.5 Å². The number of nitrogens with one attached hydrogen (secondary N) is 2. The summed E-state index contributed by atoms with van der Waals surface area (Å²) in [6.45, 7) is 0.819. The van der Waals surface area contributed by atoms with Crippen molar-refractivity contribution in [3.05, 3.63) is 29.3 Å². The molecule has 1 aromatic rings. The first-order chi connectivity index (χ1) is 9.52. The maximum absolute atomic E-state index is 11.8. The molecule has 21 heavy (non-hydrogen) atoms. The summed E-state index contributed by atoms with van der Waals surface area (Å²) >= 11 is 5.83. The molecule has 0 aliphatic carbocycles. The third-order valence-corrected chi connectivity index (χ3v) is 2.97. The highest BCUT2D eigenvalue weighted by Crippen LogP contribution is 2.14. The molecule has 0 aliphatic rings. The van der Waals surface area contributed by atoms with E-state index in [0.717, 1.165) is 13.0 Å². The number of carbonyl (C=O) groups is 2. The molecule has 2 N–H and O–H groups in total. The van der Waals surface area contributed by atoms with Gasteiger partial charge >= 0.3 is 0 Å². The van der Waals surface area contributed by atoms with E-state index in [1.165, 1.54) is 4.90 Å². The van der Waals surface area contributed by atoms with Gasteiger partial charge in [0.05, 0.1) is 6.54 Å². The second-order valence-electron chi connectivity index (χ2n) is 4.52. The van der Waals surface area contributed by atoms with Crippen molar-refractivity contribution in [1.29, 1.82) is 0 Å². The third kappa shape index (κ3) is 7.90. The van der Waals surface area contributed by atoms with Crippen molar-refractivity contribution in [3.8, 4) is 0 Å². The van der Waals surface area contributed by atoms with E-state index >= 15 is 0 Å². The van der Waals surface area contributed by atoms with Gasteiger partial charge in [-0.1, -0.05) is 17.7 Å². The average molecular weight is 334 g/mol. The predicted molar refractivity (Wildman–Crippen MR) is 88.1 cm³/mol. The lowest BCUT2D eigenvalue weighted by Crippen LogP contribution is -2.35. The van der Waals surface area contributed by atoms with E-state index < -0.39 is 0 Å². The van der Waals surface area contributed by atoms with Gasteiger partial charge in [-0.25, -0.2) is 0 Å². The quantitative estimate of drug-likeness (QED) is 0.751. The van der Waals surface area contributed by atoms with Gasteiger partial charge in [-0.15, -0.1) is 12.4 Å². The minimum absolute atomic E-state index is 0. The molecule has 0 heterocycles. The van der Waals surface area contributed by atoms with Crippen molar-refractivity contribution in [2.24, 2.45) is 0 Å². The molecule has 118 valence electrons. The van der Waals surface area contributed by atoms with Crippen LogP contribution in [0.1, 0.15) is 12.8 Å². The molecular formula is C14H21Cl2N3O2. The summed E-state index contributed by atoms with van der Waals surface area (Å²) in [6, 6.07) is 6.89.